The fourth-order valence-electron chi connectivity index (χ4n) is 1.16. The first-order valence-corrected chi connectivity index (χ1v) is 4.75. The summed E-state index contributed by atoms with van der Waals surface area (Å²) < 4.78 is 14.1. The standard InChI is InChI=1S/C9H4ClFOS/c10-5-2-1-3-6-8(5)9(11)7(4-12)13-6/h1-4H. The van der Waals surface area contributed by atoms with Crippen molar-refractivity contribution in [1.29, 1.82) is 0 Å². The molecule has 0 aliphatic rings. The number of carbonyl (C=O) groups excluding carboxylic acids is 1. The predicted molar refractivity (Wildman–Crippen MR) is 52.2 cm³/mol. The van der Waals surface area contributed by atoms with Crippen LogP contribution in [0.2, 0.25) is 5.02 Å². The Hall–Kier alpha value is -0.930. The first-order valence-electron chi connectivity index (χ1n) is 3.55. The smallest absolute Gasteiger partial charge is 0.163 e. The van der Waals surface area contributed by atoms with E-state index in [0.717, 1.165) is 11.3 Å². The molecule has 4 heteroatoms. The molecule has 2 aromatic rings. The van der Waals surface area contributed by atoms with Crippen LogP contribution in [0.4, 0.5) is 4.39 Å². The monoisotopic (exact) mass is 214 g/mol. The third kappa shape index (κ3) is 1.24. The van der Waals surface area contributed by atoms with Gasteiger partial charge in [0.15, 0.2) is 12.1 Å². The Morgan fingerprint density at radius 1 is 1.46 bits per heavy atom. The van der Waals surface area contributed by atoms with E-state index in [0.29, 0.717) is 21.4 Å². The van der Waals surface area contributed by atoms with E-state index in [9.17, 15) is 9.18 Å². The fourth-order valence-corrected chi connectivity index (χ4v) is 2.40. The van der Waals surface area contributed by atoms with Gasteiger partial charge in [0.05, 0.1) is 5.02 Å². The number of thiophene rings is 1. The van der Waals surface area contributed by atoms with Crippen molar-refractivity contribution in [2.75, 3.05) is 0 Å². The average molecular weight is 215 g/mol. The molecule has 0 saturated carbocycles. The minimum atomic E-state index is -0.513. The predicted octanol–water partition coefficient (Wildman–Crippen LogP) is 3.51. The highest BCUT2D eigenvalue weighted by Crippen LogP contribution is 2.33. The molecular formula is C9H4ClFOS. The van der Waals surface area contributed by atoms with Crippen LogP contribution in [0, 0.1) is 5.82 Å². The number of rotatable bonds is 1. The highest BCUT2D eigenvalue weighted by Gasteiger charge is 2.13. The summed E-state index contributed by atoms with van der Waals surface area (Å²) in [5.74, 6) is -0.513. The maximum atomic E-state index is 13.4. The van der Waals surface area contributed by atoms with Gasteiger partial charge < -0.3 is 0 Å². The zero-order valence-electron chi connectivity index (χ0n) is 6.38. The second-order valence-electron chi connectivity index (χ2n) is 2.51. The molecule has 0 radical (unpaired) electrons. The molecule has 13 heavy (non-hydrogen) atoms. The first kappa shape index (κ1) is 8.66. The van der Waals surface area contributed by atoms with E-state index >= 15 is 0 Å². The second-order valence-corrected chi connectivity index (χ2v) is 4.00. The highest BCUT2D eigenvalue weighted by molar-refractivity contribution is 7.20. The summed E-state index contributed by atoms with van der Waals surface area (Å²) in [5, 5.41) is 0.690. The van der Waals surface area contributed by atoms with Crippen LogP contribution in [0.1, 0.15) is 9.67 Å². The molecule has 1 nitrogen and oxygen atoms in total. The molecule has 0 aliphatic heterocycles. The van der Waals surface area contributed by atoms with E-state index in [4.69, 9.17) is 11.6 Å². The Bertz CT molecular complexity index is 478. The van der Waals surface area contributed by atoms with Gasteiger partial charge in [-0.05, 0) is 12.1 Å². The maximum Gasteiger partial charge on any atom is 0.163 e. The van der Waals surface area contributed by atoms with Crippen molar-refractivity contribution in [3.8, 4) is 0 Å². The fraction of sp³-hybridized carbons (Fsp3) is 0. The Kier molecular flexibility index (Phi) is 2.06. The number of hydrogen-bond acceptors (Lipinski definition) is 2. The van der Waals surface area contributed by atoms with Gasteiger partial charge in [0.25, 0.3) is 0 Å². The molecule has 0 amide bonds. The topological polar surface area (TPSA) is 17.1 Å². The summed E-state index contributed by atoms with van der Waals surface area (Å²) in [7, 11) is 0. The molecule has 1 aromatic carbocycles. The zero-order chi connectivity index (χ0) is 9.42. The molecule has 0 aliphatic carbocycles. The van der Waals surface area contributed by atoms with E-state index in [1.165, 1.54) is 0 Å². The van der Waals surface area contributed by atoms with E-state index in [2.05, 4.69) is 0 Å². The Labute approximate surface area is 82.7 Å². The summed E-state index contributed by atoms with van der Waals surface area (Å²) in [5.41, 5.74) is 0. The Balaban J connectivity index is 2.92. The lowest BCUT2D eigenvalue weighted by atomic mass is 10.2. The normalized spacial score (nSPS) is 10.6. The van der Waals surface area contributed by atoms with Crippen molar-refractivity contribution in [1.82, 2.24) is 0 Å². The molecule has 0 N–H and O–H groups in total. The van der Waals surface area contributed by atoms with Crippen molar-refractivity contribution < 1.29 is 9.18 Å². The van der Waals surface area contributed by atoms with Crippen LogP contribution in [0.3, 0.4) is 0 Å². The molecule has 0 fully saturated rings. The van der Waals surface area contributed by atoms with Crippen molar-refractivity contribution >= 4 is 39.3 Å². The quantitative estimate of drug-likeness (QED) is 0.664. The summed E-state index contributed by atoms with van der Waals surface area (Å²) in [6.45, 7) is 0. The summed E-state index contributed by atoms with van der Waals surface area (Å²) in [4.78, 5) is 10.5. The molecular weight excluding hydrogens is 211 g/mol. The number of fused-ring (bicyclic) bond motifs is 1. The first-order chi connectivity index (χ1) is 6.24. The van der Waals surface area contributed by atoms with E-state index in [1.807, 2.05) is 0 Å². The van der Waals surface area contributed by atoms with Crippen LogP contribution in [-0.2, 0) is 0 Å². The molecule has 0 saturated heterocycles. The molecule has 1 aromatic heterocycles. The van der Waals surface area contributed by atoms with Crippen LogP contribution in [0.5, 0.6) is 0 Å². The van der Waals surface area contributed by atoms with E-state index < -0.39 is 5.82 Å². The van der Waals surface area contributed by atoms with Crippen LogP contribution in [0.15, 0.2) is 18.2 Å². The SMILES string of the molecule is O=Cc1sc2cccc(Cl)c2c1F. The van der Waals surface area contributed by atoms with Gasteiger partial charge in [-0.1, -0.05) is 17.7 Å². The number of hydrogen-bond donors (Lipinski definition) is 0. The summed E-state index contributed by atoms with van der Waals surface area (Å²) in [6, 6.07) is 5.07. The van der Waals surface area contributed by atoms with Gasteiger partial charge in [0.1, 0.15) is 4.88 Å². The number of halogens is 2. The van der Waals surface area contributed by atoms with Crippen molar-refractivity contribution in [3.63, 3.8) is 0 Å². The van der Waals surface area contributed by atoms with Crippen molar-refractivity contribution in [2.45, 2.75) is 0 Å². The van der Waals surface area contributed by atoms with E-state index in [-0.39, 0.29) is 4.88 Å². The minimum Gasteiger partial charge on any atom is -0.297 e. The van der Waals surface area contributed by atoms with Gasteiger partial charge in [-0.3, -0.25) is 4.79 Å². The van der Waals surface area contributed by atoms with Crippen molar-refractivity contribution in [3.05, 3.63) is 33.9 Å². The zero-order valence-corrected chi connectivity index (χ0v) is 7.95. The lowest BCUT2D eigenvalue weighted by molar-refractivity contribution is 0.112. The van der Waals surface area contributed by atoms with Gasteiger partial charge in [-0.25, -0.2) is 4.39 Å². The molecule has 0 spiro atoms. The molecule has 1 heterocycles. The third-order valence-electron chi connectivity index (χ3n) is 1.74. The van der Waals surface area contributed by atoms with Crippen LogP contribution in [-0.4, -0.2) is 6.29 Å². The summed E-state index contributed by atoms with van der Waals surface area (Å²) in [6.07, 6.45) is 0.510. The van der Waals surface area contributed by atoms with Gasteiger partial charge in [0.2, 0.25) is 0 Å². The van der Waals surface area contributed by atoms with Gasteiger partial charge in [-0.15, -0.1) is 11.3 Å². The summed E-state index contributed by atoms with van der Waals surface area (Å²) >= 11 is 6.89. The lowest BCUT2D eigenvalue weighted by Crippen LogP contribution is -1.77. The Morgan fingerprint density at radius 2 is 2.23 bits per heavy atom. The van der Waals surface area contributed by atoms with E-state index in [1.54, 1.807) is 18.2 Å². The van der Waals surface area contributed by atoms with Gasteiger partial charge in [0, 0.05) is 10.1 Å². The molecule has 0 unspecified atom stereocenters. The molecule has 0 atom stereocenters. The maximum absolute atomic E-state index is 13.4. The Morgan fingerprint density at radius 3 is 2.85 bits per heavy atom. The second kappa shape index (κ2) is 3.09. The van der Waals surface area contributed by atoms with Gasteiger partial charge >= 0.3 is 0 Å². The molecule has 2 rings (SSSR count). The molecule has 0 bridgehead atoms. The minimum absolute atomic E-state index is 0.100. The van der Waals surface area contributed by atoms with Crippen LogP contribution < -0.4 is 0 Å². The average Bonchev–Trinajstić information content (AvgIpc) is 2.44. The largest absolute Gasteiger partial charge is 0.297 e. The lowest BCUT2D eigenvalue weighted by Gasteiger charge is -1.91. The van der Waals surface area contributed by atoms with Crippen molar-refractivity contribution in [2.24, 2.45) is 0 Å². The third-order valence-corrected chi connectivity index (χ3v) is 3.11. The number of aldehydes is 1. The highest BCUT2D eigenvalue weighted by atomic mass is 35.5. The number of carbonyl (C=O) groups is 1. The number of benzene rings is 1. The van der Waals surface area contributed by atoms with Crippen LogP contribution in [0.25, 0.3) is 10.1 Å². The van der Waals surface area contributed by atoms with Gasteiger partial charge in [-0.2, -0.15) is 0 Å². The van der Waals surface area contributed by atoms with Crippen LogP contribution >= 0.6 is 22.9 Å². The molecule has 66 valence electrons.